The number of urea groups is 1. The lowest BCUT2D eigenvalue weighted by Gasteiger charge is -2.18. The Kier molecular flexibility index (Phi) is 6.07. The average molecular weight is 367 g/mol. The van der Waals surface area contributed by atoms with Gasteiger partial charge in [0.2, 0.25) is 0 Å². The molecule has 0 unspecified atom stereocenters. The van der Waals surface area contributed by atoms with E-state index in [2.05, 4.69) is 32.6 Å². The van der Waals surface area contributed by atoms with Crippen molar-refractivity contribution in [2.75, 3.05) is 13.6 Å². The van der Waals surface area contributed by atoms with E-state index in [-0.39, 0.29) is 18.3 Å². The van der Waals surface area contributed by atoms with Crippen LogP contribution in [0.25, 0.3) is 0 Å². The Balaban J connectivity index is 2.55. The normalized spacial score (nSPS) is 10.9. The maximum Gasteiger partial charge on any atom is 0.573 e. The van der Waals surface area contributed by atoms with Gasteiger partial charge >= 0.3 is 12.4 Å². The van der Waals surface area contributed by atoms with Crippen LogP contribution in [0.1, 0.15) is 5.56 Å². The number of carbonyl (C=O) groups excluding carboxylic acids is 1. The van der Waals surface area contributed by atoms with Gasteiger partial charge in [-0.25, -0.2) is 4.79 Å². The zero-order valence-electron chi connectivity index (χ0n) is 11.2. The minimum atomic E-state index is -4.71. The molecular weight excluding hydrogens is 353 g/mol. The average Bonchev–Trinajstić information content (AvgIpc) is 2.36. The second-order valence-electron chi connectivity index (χ2n) is 4.22. The van der Waals surface area contributed by atoms with E-state index in [1.807, 2.05) is 0 Å². The Labute approximate surface area is 128 Å². The number of alkyl halides is 3. The first-order valence-electron chi connectivity index (χ1n) is 5.84. The molecule has 21 heavy (non-hydrogen) atoms. The van der Waals surface area contributed by atoms with Crippen LogP contribution in [0.15, 0.2) is 35.3 Å². The van der Waals surface area contributed by atoms with Crippen molar-refractivity contribution < 1.29 is 22.7 Å². The Morgan fingerprint density at radius 2 is 1.95 bits per heavy atom. The lowest BCUT2D eigenvalue weighted by atomic mass is 10.2. The van der Waals surface area contributed by atoms with E-state index in [9.17, 15) is 18.0 Å². The molecule has 0 saturated carbocycles. The smallest absolute Gasteiger partial charge is 0.406 e. The zero-order chi connectivity index (χ0) is 16.0. The van der Waals surface area contributed by atoms with Crippen molar-refractivity contribution in [1.29, 1.82) is 0 Å². The van der Waals surface area contributed by atoms with Gasteiger partial charge in [-0.3, -0.25) is 0 Å². The van der Waals surface area contributed by atoms with Gasteiger partial charge in [-0.1, -0.05) is 34.6 Å². The molecule has 1 rings (SSSR count). The fraction of sp³-hybridized carbons (Fsp3) is 0.308. The molecule has 2 amide bonds. The number of nitrogens with zero attached hydrogens (tertiary/aromatic N) is 1. The molecule has 0 aliphatic heterocycles. The molecule has 0 bridgehead atoms. The molecule has 0 atom stereocenters. The van der Waals surface area contributed by atoms with Gasteiger partial charge in [-0.2, -0.15) is 0 Å². The summed E-state index contributed by atoms with van der Waals surface area (Å²) in [4.78, 5) is 13.1. The van der Waals surface area contributed by atoms with Gasteiger partial charge in [0.15, 0.2) is 0 Å². The molecule has 1 aromatic carbocycles. The summed E-state index contributed by atoms with van der Waals surface area (Å²) in [6, 6.07) is 5.03. The quantitative estimate of drug-likeness (QED) is 0.864. The molecule has 8 heteroatoms. The summed E-state index contributed by atoms with van der Waals surface area (Å²) in [6.07, 6.45) is -4.71. The van der Waals surface area contributed by atoms with Gasteiger partial charge in [0.25, 0.3) is 0 Å². The number of ether oxygens (including phenoxy) is 1. The standard InChI is InChI=1S/C13H14BrF3N2O2/c1-9(14)7-18-12(20)19(2)8-10-3-5-11(6-4-10)21-13(15,16)17/h3-6H,1,7-8H2,2H3,(H,18,20). The number of hydrogen-bond acceptors (Lipinski definition) is 2. The molecule has 0 radical (unpaired) electrons. The van der Waals surface area contributed by atoms with Gasteiger partial charge in [0, 0.05) is 18.1 Å². The van der Waals surface area contributed by atoms with Crippen molar-refractivity contribution >= 4 is 22.0 Å². The van der Waals surface area contributed by atoms with Crippen LogP contribution in [0.4, 0.5) is 18.0 Å². The molecule has 1 N–H and O–H groups in total. The summed E-state index contributed by atoms with van der Waals surface area (Å²) < 4.78 is 40.4. The van der Waals surface area contributed by atoms with Gasteiger partial charge in [0.1, 0.15) is 5.75 Å². The number of hydrogen-bond donors (Lipinski definition) is 1. The maximum absolute atomic E-state index is 12.0. The Morgan fingerprint density at radius 1 is 1.38 bits per heavy atom. The van der Waals surface area contributed by atoms with Crippen molar-refractivity contribution in [3.63, 3.8) is 0 Å². The van der Waals surface area contributed by atoms with Crippen LogP contribution >= 0.6 is 15.9 Å². The highest BCUT2D eigenvalue weighted by atomic mass is 79.9. The summed E-state index contributed by atoms with van der Waals surface area (Å²) >= 11 is 3.12. The van der Waals surface area contributed by atoms with E-state index >= 15 is 0 Å². The van der Waals surface area contributed by atoms with Crippen molar-refractivity contribution in [2.45, 2.75) is 12.9 Å². The van der Waals surface area contributed by atoms with E-state index in [0.29, 0.717) is 16.6 Å². The molecule has 0 saturated heterocycles. The highest BCUT2D eigenvalue weighted by molar-refractivity contribution is 9.11. The summed E-state index contributed by atoms with van der Waals surface area (Å²) in [7, 11) is 1.58. The van der Waals surface area contributed by atoms with Gasteiger partial charge in [-0.15, -0.1) is 13.2 Å². The van der Waals surface area contributed by atoms with E-state index < -0.39 is 6.36 Å². The number of benzene rings is 1. The Morgan fingerprint density at radius 3 is 2.43 bits per heavy atom. The zero-order valence-corrected chi connectivity index (χ0v) is 12.8. The summed E-state index contributed by atoms with van der Waals surface area (Å²) in [6.45, 7) is 4.14. The number of halogens is 4. The van der Waals surface area contributed by atoms with E-state index in [1.165, 1.54) is 29.2 Å². The molecule has 116 valence electrons. The van der Waals surface area contributed by atoms with Crippen molar-refractivity contribution in [3.05, 3.63) is 40.9 Å². The van der Waals surface area contributed by atoms with Crippen LogP contribution in [0.3, 0.4) is 0 Å². The largest absolute Gasteiger partial charge is 0.573 e. The third-order valence-corrected chi connectivity index (χ3v) is 2.64. The van der Waals surface area contributed by atoms with Gasteiger partial charge in [-0.05, 0) is 17.7 Å². The van der Waals surface area contributed by atoms with Crippen LogP contribution in [-0.4, -0.2) is 30.9 Å². The van der Waals surface area contributed by atoms with E-state index in [4.69, 9.17) is 0 Å². The molecular formula is C13H14BrF3N2O2. The third kappa shape index (κ3) is 7.03. The number of nitrogens with one attached hydrogen (secondary N) is 1. The maximum atomic E-state index is 12.0. The van der Waals surface area contributed by atoms with Crippen LogP contribution in [0.5, 0.6) is 5.75 Å². The van der Waals surface area contributed by atoms with Crippen molar-refractivity contribution in [2.24, 2.45) is 0 Å². The molecule has 0 spiro atoms. The summed E-state index contributed by atoms with van der Waals surface area (Å²) in [5.41, 5.74) is 0.680. The molecule has 1 aromatic rings. The highest BCUT2D eigenvalue weighted by Crippen LogP contribution is 2.22. The van der Waals surface area contributed by atoms with Gasteiger partial charge < -0.3 is 15.0 Å². The van der Waals surface area contributed by atoms with Gasteiger partial charge in [0.05, 0.1) is 6.54 Å². The lowest BCUT2D eigenvalue weighted by molar-refractivity contribution is -0.274. The molecule has 0 heterocycles. The highest BCUT2D eigenvalue weighted by Gasteiger charge is 2.30. The van der Waals surface area contributed by atoms with Crippen molar-refractivity contribution in [1.82, 2.24) is 10.2 Å². The SMILES string of the molecule is C=C(Br)CNC(=O)N(C)Cc1ccc(OC(F)(F)F)cc1. The van der Waals surface area contributed by atoms with Crippen molar-refractivity contribution in [3.8, 4) is 5.75 Å². The second-order valence-corrected chi connectivity index (χ2v) is 5.35. The molecule has 0 aromatic heterocycles. The second kappa shape index (κ2) is 7.35. The molecule has 0 aliphatic rings. The lowest BCUT2D eigenvalue weighted by Crippen LogP contribution is -2.37. The van der Waals surface area contributed by atoms with Crippen LogP contribution < -0.4 is 10.1 Å². The van der Waals surface area contributed by atoms with Crippen LogP contribution in [0, 0.1) is 0 Å². The fourth-order valence-electron chi connectivity index (χ4n) is 1.45. The third-order valence-electron chi connectivity index (χ3n) is 2.35. The first kappa shape index (κ1) is 17.4. The first-order chi connectivity index (χ1) is 9.67. The minimum absolute atomic E-state index is 0.257. The summed E-state index contributed by atoms with van der Waals surface area (Å²) in [5.74, 6) is -0.297. The number of carbonyl (C=O) groups is 1. The molecule has 0 fully saturated rings. The monoisotopic (exact) mass is 366 g/mol. The number of rotatable bonds is 5. The fourth-order valence-corrected chi connectivity index (χ4v) is 1.59. The summed E-state index contributed by atoms with van der Waals surface area (Å²) in [5, 5.41) is 2.61. The number of amides is 2. The van der Waals surface area contributed by atoms with Crippen LogP contribution in [-0.2, 0) is 6.54 Å². The minimum Gasteiger partial charge on any atom is -0.406 e. The molecule has 0 aliphatic carbocycles. The predicted molar refractivity (Wildman–Crippen MR) is 76.1 cm³/mol. The predicted octanol–water partition coefficient (Wildman–Crippen LogP) is 3.64. The Bertz CT molecular complexity index is 503. The van der Waals surface area contributed by atoms with E-state index in [0.717, 1.165) is 0 Å². The first-order valence-corrected chi connectivity index (χ1v) is 6.63. The molecule has 4 nitrogen and oxygen atoms in total. The topological polar surface area (TPSA) is 41.6 Å². The van der Waals surface area contributed by atoms with E-state index in [1.54, 1.807) is 7.05 Å². The Hall–Kier alpha value is -1.70. The van der Waals surface area contributed by atoms with Crippen LogP contribution in [0.2, 0.25) is 0 Å².